The van der Waals surface area contributed by atoms with Crippen molar-refractivity contribution < 1.29 is 18.7 Å². The number of carbonyl (C=O) groups is 2. The molecular weight excluding hydrogens is 349 g/mol. The smallest absolute Gasteiger partial charge is 0.405 e. The molecular formula is C20H16FN3O3. The molecule has 0 saturated heterocycles. The van der Waals surface area contributed by atoms with Gasteiger partial charge in [-0.05, 0) is 41.5 Å². The monoisotopic (exact) mass is 365 g/mol. The number of anilines is 1. The van der Waals surface area contributed by atoms with Crippen LogP contribution in [0, 0.1) is 5.82 Å². The standard InChI is InChI=1S/C20H16FN3O3/c21-17-4-2-1-3-16(17)18(27-20(22)26)19(25)24-15-7-5-13(6-8-15)14-9-11-23-12-10-14/h1-12,18H,(H2,22,26)(H,24,25). The summed E-state index contributed by atoms with van der Waals surface area (Å²) in [6, 6.07) is 16.3. The number of rotatable bonds is 5. The first-order valence-corrected chi connectivity index (χ1v) is 8.06. The van der Waals surface area contributed by atoms with Crippen LogP contribution < -0.4 is 11.1 Å². The quantitative estimate of drug-likeness (QED) is 0.721. The molecule has 1 atom stereocenters. The molecule has 2 aromatic carbocycles. The largest absolute Gasteiger partial charge is 0.431 e. The number of carbonyl (C=O) groups excluding carboxylic acids is 2. The molecule has 1 unspecified atom stereocenters. The lowest BCUT2D eigenvalue weighted by Crippen LogP contribution is -2.28. The van der Waals surface area contributed by atoms with Gasteiger partial charge in [-0.3, -0.25) is 9.78 Å². The maximum atomic E-state index is 14.0. The zero-order chi connectivity index (χ0) is 19.2. The molecule has 3 rings (SSSR count). The van der Waals surface area contributed by atoms with Gasteiger partial charge in [-0.15, -0.1) is 0 Å². The fourth-order valence-corrected chi connectivity index (χ4v) is 2.56. The molecule has 3 aromatic rings. The molecule has 27 heavy (non-hydrogen) atoms. The van der Waals surface area contributed by atoms with Crippen molar-refractivity contribution in [2.45, 2.75) is 6.10 Å². The van der Waals surface area contributed by atoms with Crippen molar-refractivity contribution in [2.75, 3.05) is 5.32 Å². The number of nitrogens with zero attached hydrogens (tertiary/aromatic N) is 1. The molecule has 3 N–H and O–H groups in total. The highest BCUT2D eigenvalue weighted by molar-refractivity contribution is 5.96. The van der Waals surface area contributed by atoms with E-state index in [1.165, 1.54) is 24.3 Å². The second-order valence-electron chi connectivity index (χ2n) is 5.64. The fraction of sp³-hybridized carbons (Fsp3) is 0.0500. The van der Waals surface area contributed by atoms with E-state index in [9.17, 15) is 14.0 Å². The van der Waals surface area contributed by atoms with Gasteiger partial charge >= 0.3 is 6.09 Å². The van der Waals surface area contributed by atoms with Gasteiger partial charge in [-0.25, -0.2) is 9.18 Å². The number of primary amides is 1. The van der Waals surface area contributed by atoms with E-state index >= 15 is 0 Å². The average Bonchev–Trinajstić information content (AvgIpc) is 2.68. The molecule has 0 radical (unpaired) electrons. The third kappa shape index (κ3) is 4.46. The third-order valence-electron chi connectivity index (χ3n) is 3.83. The van der Waals surface area contributed by atoms with Gasteiger partial charge in [-0.2, -0.15) is 0 Å². The number of ether oxygens (including phenoxy) is 1. The van der Waals surface area contributed by atoms with Crippen molar-refractivity contribution in [3.63, 3.8) is 0 Å². The Balaban J connectivity index is 1.79. The Morgan fingerprint density at radius 3 is 2.22 bits per heavy atom. The highest BCUT2D eigenvalue weighted by Gasteiger charge is 2.27. The van der Waals surface area contributed by atoms with Gasteiger partial charge in [0.2, 0.25) is 6.10 Å². The molecule has 6 nitrogen and oxygen atoms in total. The Hall–Kier alpha value is -3.74. The summed E-state index contributed by atoms with van der Waals surface area (Å²) in [5, 5.41) is 2.60. The minimum atomic E-state index is -1.50. The zero-order valence-electron chi connectivity index (χ0n) is 14.1. The van der Waals surface area contributed by atoms with E-state index in [1.54, 1.807) is 24.5 Å². The number of benzene rings is 2. The number of hydrogen-bond donors (Lipinski definition) is 2. The summed E-state index contributed by atoms with van der Waals surface area (Å²) < 4.78 is 18.8. The van der Waals surface area contributed by atoms with E-state index in [1.807, 2.05) is 24.3 Å². The van der Waals surface area contributed by atoms with Crippen LogP contribution in [0.15, 0.2) is 73.1 Å². The summed E-state index contributed by atoms with van der Waals surface area (Å²) in [4.78, 5) is 27.6. The first-order chi connectivity index (χ1) is 13.0. The molecule has 7 heteroatoms. The van der Waals surface area contributed by atoms with Gasteiger partial charge in [0, 0.05) is 23.6 Å². The SMILES string of the molecule is NC(=O)OC(C(=O)Nc1ccc(-c2ccncc2)cc1)c1ccccc1F. The Bertz CT molecular complexity index is 946. The molecule has 2 amide bonds. The van der Waals surface area contributed by atoms with Crippen LogP contribution in [0.1, 0.15) is 11.7 Å². The van der Waals surface area contributed by atoms with Crippen LogP contribution in [-0.2, 0) is 9.53 Å². The molecule has 0 spiro atoms. The molecule has 0 saturated carbocycles. The highest BCUT2D eigenvalue weighted by Crippen LogP contribution is 2.24. The van der Waals surface area contributed by atoms with E-state index < -0.39 is 23.9 Å². The fourth-order valence-electron chi connectivity index (χ4n) is 2.56. The van der Waals surface area contributed by atoms with Crippen LogP contribution in [0.25, 0.3) is 11.1 Å². The number of nitrogens with two attached hydrogens (primary N) is 1. The summed E-state index contributed by atoms with van der Waals surface area (Å²) in [6.45, 7) is 0. The van der Waals surface area contributed by atoms with Crippen molar-refractivity contribution >= 4 is 17.7 Å². The van der Waals surface area contributed by atoms with Crippen LogP contribution in [0.3, 0.4) is 0 Å². The molecule has 0 aliphatic carbocycles. The van der Waals surface area contributed by atoms with Gasteiger partial charge in [-0.1, -0.05) is 30.3 Å². The lowest BCUT2D eigenvalue weighted by Gasteiger charge is -2.17. The van der Waals surface area contributed by atoms with E-state index in [0.29, 0.717) is 5.69 Å². The lowest BCUT2D eigenvalue weighted by molar-refractivity contribution is -0.124. The Kier molecular flexibility index (Phi) is 5.41. The Morgan fingerprint density at radius 1 is 0.963 bits per heavy atom. The molecule has 136 valence electrons. The topological polar surface area (TPSA) is 94.3 Å². The Labute approximate surface area is 154 Å². The number of amides is 2. The minimum Gasteiger partial charge on any atom is -0.431 e. The average molecular weight is 365 g/mol. The van der Waals surface area contributed by atoms with Crippen LogP contribution in [0.2, 0.25) is 0 Å². The van der Waals surface area contributed by atoms with E-state index in [4.69, 9.17) is 10.5 Å². The molecule has 0 aliphatic rings. The van der Waals surface area contributed by atoms with Crippen molar-refractivity contribution in [1.29, 1.82) is 0 Å². The van der Waals surface area contributed by atoms with Crippen molar-refractivity contribution in [3.05, 3.63) is 84.4 Å². The van der Waals surface area contributed by atoms with Gasteiger partial charge in [0.05, 0.1) is 0 Å². The summed E-state index contributed by atoms with van der Waals surface area (Å²) in [5.74, 6) is -1.39. The van der Waals surface area contributed by atoms with Crippen LogP contribution in [-0.4, -0.2) is 17.0 Å². The summed E-state index contributed by atoms with van der Waals surface area (Å²) in [7, 11) is 0. The zero-order valence-corrected chi connectivity index (χ0v) is 14.1. The minimum absolute atomic E-state index is 0.0813. The third-order valence-corrected chi connectivity index (χ3v) is 3.83. The van der Waals surface area contributed by atoms with E-state index in [-0.39, 0.29) is 5.56 Å². The lowest BCUT2D eigenvalue weighted by atomic mass is 10.1. The number of aromatic nitrogens is 1. The van der Waals surface area contributed by atoms with Crippen LogP contribution >= 0.6 is 0 Å². The number of hydrogen-bond acceptors (Lipinski definition) is 4. The van der Waals surface area contributed by atoms with E-state index in [2.05, 4.69) is 10.3 Å². The predicted molar refractivity (Wildman–Crippen MR) is 98.1 cm³/mol. The van der Waals surface area contributed by atoms with Crippen molar-refractivity contribution in [2.24, 2.45) is 5.73 Å². The first kappa shape index (κ1) is 18.1. The normalized spacial score (nSPS) is 11.4. The number of halogens is 1. The molecule has 1 aromatic heterocycles. The first-order valence-electron chi connectivity index (χ1n) is 8.06. The molecule has 1 heterocycles. The second kappa shape index (κ2) is 8.09. The summed E-state index contributed by atoms with van der Waals surface area (Å²) in [5.41, 5.74) is 7.33. The van der Waals surface area contributed by atoms with E-state index in [0.717, 1.165) is 11.1 Å². The van der Waals surface area contributed by atoms with Crippen LogP contribution in [0.5, 0.6) is 0 Å². The number of nitrogens with one attached hydrogen (secondary N) is 1. The summed E-state index contributed by atoms with van der Waals surface area (Å²) >= 11 is 0. The van der Waals surface area contributed by atoms with Gasteiger partial charge in [0.1, 0.15) is 5.82 Å². The predicted octanol–water partition coefficient (Wildman–Crippen LogP) is 3.66. The van der Waals surface area contributed by atoms with Crippen molar-refractivity contribution in [3.8, 4) is 11.1 Å². The highest BCUT2D eigenvalue weighted by atomic mass is 19.1. The molecule has 0 fully saturated rings. The van der Waals surface area contributed by atoms with Gasteiger partial charge in [0.15, 0.2) is 0 Å². The maximum absolute atomic E-state index is 14.0. The van der Waals surface area contributed by atoms with Gasteiger partial charge < -0.3 is 15.8 Å². The molecule has 0 bridgehead atoms. The van der Waals surface area contributed by atoms with Crippen LogP contribution in [0.4, 0.5) is 14.9 Å². The van der Waals surface area contributed by atoms with Gasteiger partial charge in [0.25, 0.3) is 5.91 Å². The Morgan fingerprint density at radius 2 is 1.59 bits per heavy atom. The number of pyridine rings is 1. The van der Waals surface area contributed by atoms with Crippen molar-refractivity contribution in [1.82, 2.24) is 4.98 Å². The summed E-state index contributed by atoms with van der Waals surface area (Å²) in [6.07, 6.45) is 0.700. The second-order valence-corrected chi connectivity index (χ2v) is 5.64. The molecule has 0 aliphatic heterocycles. The maximum Gasteiger partial charge on any atom is 0.405 e.